The number of nitrogens with zero attached hydrogens (tertiary/aromatic N) is 16. The van der Waals surface area contributed by atoms with E-state index < -0.39 is 39.0 Å². The summed E-state index contributed by atoms with van der Waals surface area (Å²) < 4.78 is 91.1. The number of fused-ring (bicyclic) bond motifs is 3. The minimum atomic E-state index is -3.26. The Bertz CT molecular complexity index is 6540. The molecule has 0 bridgehead atoms. The van der Waals surface area contributed by atoms with E-state index in [9.17, 15) is 25.3 Å². The van der Waals surface area contributed by atoms with Crippen molar-refractivity contribution in [2.75, 3.05) is 181 Å². The van der Waals surface area contributed by atoms with E-state index in [4.69, 9.17) is 49.1 Å². The fourth-order valence-electron chi connectivity index (χ4n) is 18.6. The van der Waals surface area contributed by atoms with Gasteiger partial charge in [0.1, 0.15) is 5.75 Å². The molecule has 143 heavy (non-hydrogen) atoms. The Hall–Kier alpha value is -12.1. The highest BCUT2D eigenvalue weighted by Gasteiger charge is 2.37. The zero-order valence-electron chi connectivity index (χ0n) is 84.8. The summed E-state index contributed by atoms with van der Waals surface area (Å²) in [7, 11) is 0.792. The van der Waals surface area contributed by atoms with Gasteiger partial charge in [-0.3, -0.25) is 0 Å². The normalized spacial score (nSPS) is 16.5. The van der Waals surface area contributed by atoms with Gasteiger partial charge in [-0.25, -0.2) is 65.1 Å². The zero-order chi connectivity index (χ0) is 100. The number of piperazine rings is 4. The largest absolute Gasteiger partial charge is 0.497 e. The highest BCUT2D eigenvalue weighted by Crippen LogP contribution is 2.37. The third-order valence-corrected chi connectivity index (χ3v) is 35.3. The predicted molar refractivity (Wildman–Crippen MR) is 574 cm³/mol. The lowest BCUT2D eigenvalue weighted by Gasteiger charge is -2.34. The molecule has 5 fully saturated rings. The van der Waals surface area contributed by atoms with Gasteiger partial charge in [-0.1, -0.05) is 84.9 Å². The van der Waals surface area contributed by atoms with Gasteiger partial charge in [0.25, 0.3) is 0 Å². The number of rotatable bonds is 28. The van der Waals surface area contributed by atoms with Crippen molar-refractivity contribution in [3.8, 4) is 5.75 Å². The quantitative estimate of drug-likeness (QED) is 0.0354. The van der Waals surface area contributed by atoms with Crippen LogP contribution in [0.3, 0.4) is 0 Å². The van der Waals surface area contributed by atoms with E-state index >= 15 is 0 Å². The summed E-state index contributed by atoms with van der Waals surface area (Å²) in [4.78, 5) is 57.3. The van der Waals surface area contributed by atoms with Gasteiger partial charge in [0, 0.05) is 199 Å². The Balaban J connectivity index is 0.000000131. The fourth-order valence-corrected chi connectivity index (χ4v) is 22.4. The molecule has 754 valence electrons. The maximum atomic E-state index is 12.8. The molecule has 8 aromatic carbocycles. The van der Waals surface area contributed by atoms with Crippen molar-refractivity contribution in [3.05, 3.63) is 301 Å². The minimum Gasteiger partial charge on any atom is -0.497 e. The molecule has 4 N–H and O–H groups in total. The van der Waals surface area contributed by atoms with Crippen molar-refractivity contribution < 1.29 is 39.5 Å². The Morgan fingerprint density at radius 3 is 1.02 bits per heavy atom. The number of hydrogen-bond acceptors (Lipinski definition) is 29. The Morgan fingerprint density at radius 2 is 0.664 bits per heavy atom. The van der Waals surface area contributed by atoms with Crippen molar-refractivity contribution in [2.45, 2.75) is 165 Å². The summed E-state index contributed by atoms with van der Waals surface area (Å²) in [5.74, 6) is 3.37. The number of sulfone groups is 3. The van der Waals surface area contributed by atoms with E-state index in [1.807, 2.05) is 98.0 Å². The van der Waals surface area contributed by atoms with Gasteiger partial charge >= 0.3 is 0 Å². The number of benzene rings is 8. The smallest absolute Gasteiger partial charge is 0.227 e. The first-order valence-corrected chi connectivity index (χ1v) is 55.1. The summed E-state index contributed by atoms with van der Waals surface area (Å²) in [5, 5.41) is 13.4. The van der Waals surface area contributed by atoms with Gasteiger partial charge in [-0.2, -0.15) is 0 Å². The first-order chi connectivity index (χ1) is 68.7. The Morgan fingerprint density at radius 1 is 0.350 bits per heavy atom. The second kappa shape index (κ2) is 45.5. The topological polar surface area (TPSA) is 307 Å². The molecule has 4 aromatic heterocycles. The van der Waals surface area contributed by atoms with Crippen LogP contribution in [-0.2, 0) is 121 Å². The molecule has 0 unspecified atom stereocenters. The molecular weight excluding hydrogens is 1850 g/mol. The Labute approximate surface area is 844 Å². The summed E-state index contributed by atoms with van der Waals surface area (Å²) in [6.45, 7) is 31.5. The lowest BCUT2D eigenvalue weighted by Crippen LogP contribution is -2.44. The number of ether oxygens (including phenoxy) is 3. The van der Waals surface area contributed by atoms with Gasteiger partial charge in [0.15, 0.2) is 29.5 Å². The van der Waals surface area contributed by atoms with Crippen LogP contribution in [0.15, 0.2) is 200 Å². The molecule has 0 spiro atoms. The SMILES string of the molecule is CN1CCN(c2ccc(Nc3nc4c(c(Cc5cccc(CS(=O)(=O)C(C)(C)C)c5)n3)CCC4)cc2)CC1.CN1CCN(c2ccc(Nc3nc4c(c(Cc5cccc(CS(=O)(=O)C(C)(C)C)c5)n3)COC4)cc2)CC1.CN1CCN(c2ccc(Nc3nc4c(c(Cc5cccc(CS(=O)(=O)C6CC6)c5)n3)COC4)cc2)CC1.COc1cccc(Cc2nc(Nc3ccc(N4CCN(C)CC4)cc3)ncc2C)c1. The number of aromatic nitrogens is 8. The van der Waals surface area contributed by atoms with Gasteiger partial charge in [-0.15, -0.1) is 0 Å². The average molecular weight is 1990 g/mol. The molecule has 32 heteroatoms. The third kappa shape index (κ3) is 27.3. The molecule has 20 rings (SSSR count). The van der Waals surface area contributed by atoms with Crippen LogP contribution in [0.2, 0.25) is 0 Å². The number of nitrogens with one attached hydrogen (secondary N) is 4. The number of aryl methyl sites for hydroxylation is 2. The second-order valence-electron chi connectivity index (χ2n) is 41.0. The van der Waals surface area contributed by atoms with E-state index in [0.29, 0.717) is 69.5 Å². The lowest BCUT2D eigenvalue weighted by molar-refractivity contribution is 0.133. The minimum absolute atomic E-state index is 0.0201. The van der Waals surface area contributed by atoms with Crippen LogP contribution < -0.4 is 45.6 Å². The van der Waals surface area contributed by atoms with Crippen molar-refractivity contribution in [2.24, 2.45) is 0 Å². The molecule has 2 aliphatic carbocycles. The van der Waals surface area contributed by atoms with Crippen LogP contribution in [0.1, 0.15) is 162 Å². The monoisotopic (exact) mass is 1990 g/mol. The van der Waals surface area contributed by atoms with Gasteiger partial charge in [0.2, 0.25) is 23.8 Å². The zero-order valence-corrected chi connectivity index (χ0v) is 87.3. The first kappa shape index (κ1) is 102. The number of likely N-dealkylation sites (N-methyl/N-ethyl adjacent to an activating group) is 4. The van der Waals surface area contributed by atoms with Crippen LogP contribution in [-0.4, -0.2) is 239 Å². The maximum Gasteiger partial charge on any atom is 0.227 e. The highest BCUT2D eigenvalue weighted by atomic mass is 32.2. The molecule has 4 saturated heterocycles. The van der Waals surface area contributed by atoms with Crippen LogP contribution in [0, 0.1) is 6.92 Å². The average Bonchev–Trinajstić information content (AvgIpc) is 1.70. The fraction of sp³-hybridized carbons (Fsp3) is 0.423. The third-order valence-electron chi connectivity index (χ3n) is 28.0. The van der Waals surface area contributed by atoms with Crippen LogP contribution in [0.5, 0.6) is 5.75 Å². The molecule has 29 nitrogen and oxygen atoms in total. The van der Waals surface area contributed by atoms with E-state index in [-0.39, 0.29) is 22.5 Å². The molecule has 10 heterocycles. The van der Waals surface area contributed by atoms with E-state index in [1.54, 1.807) is 48.7 Å². The van der Waals surface area contributed by atoms with Crippen LogP contribution in [0.25, 0.3) is 0 Å². The van der Waals surface area contributed by atoms with Gasteiger partial charge in [-0.05, 0) is 268 Å². The maximum absolute atomic E-state index is 12.8. The summed E-state index contributed by atoms with van der Waals surface area (Å²) in [6, 6.07) is 65.6. The van der Waals surface area contributed by atoms with E-state index in [2.05, 4.69) is 203 Å². The molecular formula is C111H138N20O9S3. The molecule has 12 aromatic rings. The Kier molecular flexibility index (Phi) is 32.5. The molecule has 0 radical (unpaired) electrons. The van der Waals surface area contributed by atoms with E-state index in [0.717, 1.165) is 262 Å². The van der Waals surface area contributed by atoms with E-state index in [1.165, 1.54) is 33.9 Å². The molecule has 0 amide bonds. The molecule has 0 atom stereocenters. The summed E-state index contributed by atoms with van der Waals surface area (Å²) in [5.41, 5.74) is 26.7. The first-order valence-electron chi connectivity index (χ1n) is 50.1. The van der Waals surface area contributed by atoms with Crippen LogP contribution in [0.4, 0.5) is 69.3 Å². The molecule has 1 saturated carbocycles. The second-order valence-corrected chi connectivity index (χ2v) is 48.8. The molecule has 6 aliphatic heterocycles. The lowest BCUT2D eigenvalue weighted by atomic mass is 10.0. The highest BCUT2D eigenvalue weighted by molar-refractivity contribution is 7.92. The number of hydrogen-bond donors (Lipinski definition) is 4. The summed E-state index contributed by atoms with van der Waals surface area (Å²) in [6.07, 6.45) is 9.08. The van der Waals surface area contributed by atoms with Crippen molar-refractivity contribution >= 4 is 98.8 Å². The van der Waals surface area contributed by atoms with Crippen molar-refractivity contribution in [1.82, 2.24) is 59.5 Å². The van der Waals surface area contributed by atoms with Gasteiger partial charge in [0.05, 0.1) is 99.7 Å². The standard InChI is InChI=1S/C30H39N5O2S.C29H37N5O3S.C28H33N5O3S.C24H29N5O/c1-30(2,3)38(36,37)21-23-8-5-7-22(19-23)20-28-26-9-6-10-27(26)32-29(33-28)31-24-11-13-25(14-12-24)35-17-15-34(4)16-18-35;1-29(2,3)38(35,36)20-22-7-5-6-21(16-22)17-26-25-18-37-19-27(25)32-28(31-26)30-23-8-10-24(11-9-23)34-14-12-33(4)13-15-34;1-32-11-13-33(14-12-32)23-7-5-22(6-8-23)29-28-30-26(25-17-36-18-27(25)31-28)16-20-3-2-4-21(15-20)19-37(34,35)24-9-10-24;1-18-17-25-24(27-23(18)16-19-5-4-6-22(15-19)30-3)26-20-7-9-21(10-8-20)29-13-11-28(2)12-14-29/h5,7-8,11-14,19H,6,9-10,15-18,20-21H2,1-4H3,(H,31,32,33);5-11,16H,12-15,17-20H2,1-4H3,(H,30,31,32);2-8,15,24H,9-14,16-19H2,1H3,(H,29,30,31);4-10,15,17H,11-14,16H2,1-3H3,(H,25,26,27). The van der Waals surface area contributed by atoms with Gasteiger partial charge < -0.3 is 74.7 Å². The molecule has 8 aliphatic rings. The number of anilines is 12. The number of methoxy groups -OCH3 is 1. The van der Waals surface area contributed by atoms with Crippen molar-refractivity contribution in [3.63, 3.8) is 0 Å². The van der Waals surface area contributed by atoms with Crippen molar-refractivity contribution in [1.29, 1.82) is 0 Å². The summed E-state index contributed by atoms with van der Waals surface area (Å²) >= 11 is 0. The van der Waals surface area contributed by atoms with Crippen LogP contribution >= 0.6 is 0 Å². The predicted octanol–water partition coefficient (Wildman–Crippen LogP) is 16.6.